The second-order valence-electron chi connectivity index (χ2n) is 6.10. The molecular formula is C15H28N2O2. The van der Waals surface area contributed by atoms with E-state index in [4.69, 9.17) is 0 Å². The van der Waals surface area contributed by atoms with E-state index in [-0.39, 0.29) is 5.92 Å². The molecule has 0 aliphatic carbocycles. The summed E-state index contributed by atoms with van der Waals surface area (Å²) in [5, 5.41) is 9.55. The van der Waals surface area contributed by atoms with Gasteiger partial charge in [-0.2, -0.15) is 0 Å². The summed E-state index contributed by atoms with van der Waals surface area (Å²) in [5.74, 6) is -0.414. The van der Waals surface area contributed by atoms with Gasteiger partial charge in [0.15, 0.2) is 0 Å². The van der Waals surface area contributed by atoms with Crippen LogP contribution in [0.25, 0.3) is 0 Å². The van der Waals surface area contributed by atoms with Gasteiger partial charge >= 0.3 is 5.97 Å². The first-order chi connectivity index (χ1) is 9.20. The maximum atomic E-state index is 11.6. The van der Waals surface area contributed by atoms with Crippen molar-refractivity contribution < 1.29 is 9.90 Å². The molecule has 4 heteroatoms. The van der Waals surface area contributed by atoms with Gasteiger partial charge in [0.25, 0.3) is 0 Å². The van der Waals surface area contributed by atoms with E-state index in [1.165, 1.54) is 25.7 Å². The molecule has 2 fully saturated rings. The third-order valence-electron chi connectivity index (χ3n) is 4.80. The normalized spacial score (nSPS) is 28.2. The zero-order chi connectivity index (χ0) is 13.7. The summed E-state index contributed by atoms with van der Waals surface area (Å²) in [6.07, 6.45) is 6.14. The van der Waals surface area contributed by atoms with Crippen LogP contribution in [0.15, 0.2) is 0 Å². The third-order valence-corrected chi connectivity index (χ3v) is 4.80. The number of hydrogen-bond acceptors (Lipinski definition) is 3. The molecule has 0 aromatic heterocycles. The summed E-state index contributed by atoms with van der Waals surface area (Å²) >= 11 is 0. The van der Waals surface area contributed by atoms with Crippen LogP contribution in [0, 0.1) is 11.8 Å². The van der Waals surface area contributed by atoms with E-state index in [0.717, 1.165) is 45.7 Å². The molecule has 2 saturated heterocycles. The lowest BCUT2D eigenvalue weighted by Crippen LogP contribution is -2.38. The Kier molecular flexibility index (Phi) is 5.64. The fourth-order valence-electron chi connectivity index (χ4n) is 3.50. The minimum Gasteiger partial charge on any atom is -0.481 e. The predicted molar refractivity (Wildman–Crippen MR) is 76.3 cm³/mol. The van der Waals surface area contributed by atoms with Crippen LogP contribution >= 0.6 is 0 Å². The summed E-state index contributed by atoms with van der Waals surface area (Å²) < 4.78 is 0. The molecule has 0 saturated carbocycles. The number of aliphatic carboxylic acids is 1. The van der Waals surface area contributed by atoms with Crippen LogP contribution in [0.4, 0.5) is 0 Å². The van der Waals surface area contributed by atoms with E-state index in [1.807, 2.05) is 0 Å². The van der Waals surface area contributed by atoms with Crippen LogP contribution in [-0.4, -0.2) is 60.1 Å². The van der Waals surface area contributed by atoms with Gasteiger partial charge in [-0.05, 0) is 51.4 Å². The van der Waals surface area contributed by atoms with Crippen LogP contribution in [0.5, 0.6) is 0 Å². The second-order valence-corrected chi connectivity index (χ2v) is 6.10. The molecule has 0 amide bonds. The Balaban J connectivity index is 1.90. The summed E-state index contributed by atoms with van der Waals surface area (Å²) in [5.41, 5.74) is 0. The number of nitrogens with zero attached hydrogens (tertiary/aromatic N) is 2. The smallest absolute Gasteiger partial charge is 0.308 e. The van der Waals surface area contributed by atoms with E-state index >= 15 is 0 Å². The molecule has 0 aromatic carbocycles. The molecule has 2 unspecified atom stereocenters. The molecule has 0 radical (unpaired) electrons. The lowest BCUT2D eigenvalue weighted by molar-refractivity contribution is -0.144. The zero-order valence-electron chi connectivity index (χ0n) is 12.2. The first kappa shape index (κ1) is 14.8. The Morgan fingerprint density at radius 1 is 1.16 bits per heavy atom. The van der Waals surface area contributed by atoms with Crippen molar-refractivity contribution in [2.45, 2.75) is 39.0 Å². The number of carboxylic acid groups (broad SMARTS) is 1. The molecule has 4 nitrogen and oxygen atoms in total. The lowest BCUT2D eigenvalue weighted by atomic mass is 9.91. The van der Waals surface area contributed by atoms with Crippen molar-refractivity contribution in [1.82, 2.24) is 9.80 Å². The number of likely N-dealkylation sites (tertiary alicyclic amines) is 2. The van der Waals surface area contributed by atoms with E-state index in [2.05, 4.69) is 16.7 Å². The SMILES string of the molecule is CCN1CCC(C(CN2CCCCCC2)C(=O)O)C1. The molecule has 0 spiro atoms. The quantitative estimate of drug-likeness (QED) is 0.827. The number of hydrogen-bond donors (Lipinski definition) is 1. The number of rotatable bonds is 5. The van der Waals surface area contributed by atoms with Gasteiger partial charge in [0, 0.05) is 13.1 Å². The van der Waals surface area contributed by atoms with Crippen LogP contribution in [-0.2, 0) is 4.79 Å². The van der Waals surface area contributed by atoms with Crippen LogP contribution < -0.4 is 0 Å². The van der Waals surface area contributed by atoms with E-state index in [9.17, 15) is 9.90 Å². The van der Waals surface area contributed by atoms with Gasteiger partial charge in [0.1, 0.15) is 0 Å². The summed E-state index contributed by atoms with van der Waals surface area (Å²) in [6.45, 7) is 8.20. The minimum absolute atomic E-state index is 0.172. The fourth-order valence-corrected chi connectivity index (χ4v) is 3.50. The maximum Gasteiger partial charge on any atom is 0.308 e. The highest BCUT2D eigenvalue weighted by Crippen LogP contribution is 2.26. The largest absolute Gasteiger partial charge is 0.481 e. The molecule has 2 aliphatic heterocycles. The van der Waals surface area contributed by atoms with Crippen molar-refractivity contribution >= 4 is 5.97 Å². The molecule has 110 valence electrons. The summed E-state index contributed by atoms with van der Waals surface area (Å²) in [6, 6.07) is 0. The summed E-state index contributed by atoms with van der Waals surface area (Å²) in [4.78, 5) is 16.4. The van der Waals surface area contributed by atoms with Crippen LogP contribution in [0.2, 0.25) is 0 Å². The van der Waals surface area contributed by atoms with E-state index in [1.54, 1.807) is 0 Å². The summed E-state index contributed by atoms with van der Waals surface area (Å²) in [7, 11) is 0. The number of carbonyl (C=O) groups is 1. The van der Waals surface area contributed by atoms with Gasteiger partial charge in [0.2, 0.25) is 0 Å². The monoisotopic (exact) mass is 268 g/mol. The average Bonchev–Trinajstić information content (AvgIpc) is 2.72. The Bertz CT molecular complexity index is 288. The lowest BCUT2D eigenvalue weighted by Gasteiger charge is -2.27. The van der Waals surface area contributed by atoms with Gasteiger partial charge in [-0.3, -0.25) is 4.79 Å². The molecule has 2 aliphatic rings. The molecular weight excluding hydrogens is 240 g/mol. The maximum absolute atomic E-state index is 11.6. The minimum atomic E-state index is -0.591. The third kappa shape index (κ3) is 4.18. The molecule has 0 bridgehead atoms. The zero-order valence-corrected chi connectivity index (χ0v) is 12.2. The van der Waals surface area contributed by atoms with Crippen molar-refractivity contribution in [3.63, 3.8) is 0 Å². The van der Waals surface area contributed by atoms with Crippen LogP contribution in [0.3, 0.4) is 0 Å². The van der Waals surface area contributed by atoms with Crippen molar-refractivity contribution in [2.24, 2.45) is 11.8 Å². The van der Waals surface area contributed by atoms with Gasteiger partial charge < -0.3 is 14.9 Å². The number of carboxylic acids is 1. The standard InChI is InChI=1S/C15H28N2O2/c1-2-16-10-7-13(11-16)14(15(18)19)12-17-8-5-3-4-6-9-17/h13-14H,2-12H2,1H3,(H,18,19). The van der Waals surface area contributed by atoms with Crippen molar-refractivity contribution in [1.29, 1.82) is 0 Å². The molecule has 2 rings (SSSR count). The van der Waals surface area contributed by atoms with Crippen LogP contribution in [0.1, 0.15) is 39.0 Å². The Labute approximate surface area is 116 Å². The highest BCUT2D eigenvalue weighted by molar-refractivity contribution is 5.70. The molecule has 19 heavy (non-hydrogen) atoms. The predicted octanol–water partition coefficient (Wildman–Crippen LogP) is 1.91. The first-order valence-electron chi connectivity index (χ1n) is 7.88. The van der Waals surface area contributed by atoms with Gasteiger partial charge in [-0.25, -0.2) is 0 Å². The van der Waals surface area contributed by atoms with Gasteiger partial charge in [-0.1, -0.05) is 19.8 Å². The second kappa shape index (κ2) is 7.25. The Morgan fingerprint density at radius 3 is 2.37 bits per heavy atom. The molecule has 2 heterocycles. The van der Waals surface area contributed by atoms with Crippen molar-refractivity contribution in [2.75, 3.05) is 39.3 Å². The topological polar surface area (TPSA) is 43.8 Å². The Hall–Kier alpha value is -0.610. The van der Waals surface area contributed by atoms with Crippen molar-refractivity contribution in [3.8, 4) is 0 Å². The fraction of sp³-hybridized carbons (Fsp3) is 0.933. The molecule has 1 N–H and O–H groups in total. The van der Waals surface area contributed by atoms with Gasteiger partial charge in [-0.15, -0.1) is 0 Å². The first-order valence-corrected chi connectivity index (χ1v) is 7.88. The highest BCUT2D eigenvalue weighted by Gasteiger charge is 2.34. The molecule has 0 aromatic rings. The Morgan fingerprint density at radius 2 is 1.84 bits per heavy atom. The van der Waals surface area contributed by atoms with E-state index in [0.29, 0.717) is 5.92 Å². The molecule has 2 atom stereocenters. The van der Waals surface area contributed by atoms with Crippen molar-refractivity contribution in [3.05, 3.63) is 0 Å². The van der Waals surface area contributed by atoms with E-state index < -0.39 is 5.97 Å². The average molecular weight is 268 g/mol. The van der Waals surface area contributed by atoms with Gasteiger partial charge in [0.05, 0.1) is 5.92 Å². The highest BCUT2D eigenvalue weighted by atomic mass is 16.4.